The smallest absolute Gasteiger partial charge is 0.136 e. The summed E-state index contributed by atoms with van der Waals surface area (Å²) in [5.74, 6) is 0.896. The normalized spacial score (nSPS) is 10.7. The summed E-state index contributed by atoms with van der Waals surface area (Å²) in [5.41, 5.74) is 7.41. The predicted molar refractivity (Wildman–Crippen MR) is 76.0 cm³/mol. The number of fused-ring (bicyclic) bond motifs is 1. The van der Waals surface area contributed by atoms with Gasteiger partial charge in [-0.05, 0) is 29.7 Å². The van der Waals surface area contributed by atoms with Gasteiger partial charge < -0.3 is 10.5 Å². The third-order valence-electron chi connectivity index (χ3n) is 2.76. The van der Waals surface area contributed by atoms with Gasteiger partial charge in [-0.1, -0.05) is 12.1 Å². The molecule has 3 rings (SSSR count). The van der Waals surface area contributed by atoms with Crippen LogP contribution in [0, 0.1) is 0 Å². The minimum Gasteiger partial charge on any atom is -0.495 e. The lowest BCUT2D eigenvalue weighted by molar-refractivity contribution is 0.420. The maximum Gasteiger partial charge on any atom is 0.136 e. The summed E-state index contributed by atoms with van der Waals surface area (Å²) in [6, 6.07) is 11.8. The predicted octanol–water partition coefficient (Wildman–Crippen LogP) is 3.55. The van der Waals surface area contributed by atoms with Crippen LogP contribution in [0.15, 0.2) is 42.6 Å². The Morgan fingerprint density at radius 2 is 2.11 bits per heavy atom. The molecular formula is C14H12N2OS. The van der Waals surface area contributed by atoms with E-state index >= 15 is 0 Å². The zero-order valence-electron chi connectivity index (χ0n) is 9.88. The first-order valence-corrected chi connectivity index (χ1v) is 6.38. The van der Waals surface area contributed by atoms with Crippen LogP contribution >= 0.6 is 11.3 Å². The van der Waals surface area contributed by atoms with Gasteiger partial charge in [-0.2, -0.15) is 0 Å². The maximum absolute atomic E-state index is 5.79. The van der Waals surface area contributed by atoms with Crippen molar-refractivity contribution in [2.24, 2.45) is 0 Å². The lowest BCUT2D eigenvalue weighted by atomic mass is 10.2. The topological polar surface area (TPSA) is 48.1 Å². The van der Waals surface area contributed by atoms with E-state index < -0.39 is 0 Å². The van der Waals surface area contributed by atoms with E-state index in [2.05, 4.69) is 17.1 Å². The quantitative estimate of drug-likeness (QED) is 0.762. The number of rotatable bonds is 2. The van der Waals surface area contributed by atoms with Crippen molar-refractivity contribution in [3.8, 4) is 16.3 Å². The van der Waals surface area contributed by atoms with Gasteiger partial charge >= 0.3 is 0 Å². The molecule has 4 heteroatoms. The number of pyridine rings is 1. The van der Waals surface area contributed by atoms with Gasteiger partial charge in [0, 0.05) is 11.9 Å². The number of hydrogen-bond donors (Lipinski definition) is 1. The van der Waals surface area contributed by atoms with Gasteiger partial charge in [-0.25, -0.2) is 0 Å². The fourth-order valence-corrected chi connectivity index (χ4v) is 3.02. The highest BCUT2D eigenvalue weighted by Gasteiger charge is 2.09. The SMILES string of the molecule is COc1cccc2cc(-c3cc(N)ccn3)sc12. The van der Waals surface area contributed by atoms with Crippen LogP contribution < -0.4 is 10.5 Å². The monoisotopic (exact) mass is 256 g/mol. The Balaban J connectivity index is 2.19. The molecule has 0 spiro atoms. The van der Waals surface area contributed by atoms with Crippen molar-refractivity contribution in [1.82, 2.24) is 4.98 Å². The summed E-state index contributed by atoms with van der Waals surface area (Å²) in [6.07, 6.45) is 1.73. The highest BCUT2D eigenvalue weighted by Crippen LogP contribution is 2.37. The molecule has 90 valence electrons. The van der Waals surface area contributed by atoms with Gasteiger partial charge in [0.25, 0.3) is 0 Å². The molecule has 0 fully saturated rings. The highest BCUT2D eigenvalue weighted by atomic mass is 32.1. The highest BCUT2D eigenvalue weighted by molar-refractivity contribution is 7.22. The van der Waals surface area contributed by atoms with E-state index in [1.54, 1.807) is 30.7 Å². The third kappa shape index (κ3) is 1.80. The average molecular weight is 256 g/mol. The Kier molecular flexibility index (Phi) is 2.64. The molecule has 18 heavy (non-hydrogen) atoms. The number of benzene rings is 1. The van der Waals surface area contributed by atoms with E-state index in [1.807, 2.05) is 18.2 Å². The lowest BCUT2D eigenvalue weighted by Crippen LogP contribution is -1.86. The molecule has 3 nitrogen and oxygen atoms in total. The Labute approximate surface area is 109 Å². The Hall–Kier alpha value is -2.07. The molecule has 3 aromatic rings. The molecule has 0 aliphatic heterocycles. The molecule has 2 aromatic heterocycles. The zero-order chi connectivity index (χ0) is 12.5. The second-order valence-corrected chi connectivity index (χ2v) is 5.02. The second kappa shape index (κ2) is 4.31. The molecule has 0 saturated carbocycles. The number of nitrogens with two attached hydrogens (primary N) is 1. The van der Waals surface area contributed by atoms with Crippen molar-refractivity contribution >= 4 is 27.1 Å². The van der Waals surface area contributed by atoms with Crippen LogP contribution in [0.5, 0.6) is 5.75 Å². The van der Waals surface area contributed by atoms with Crippen molar-refractivity contribution in [1.29, 1.82) is 0 Å². The molecular weight excluding hydrogens is 244 g/mol. The second-order valence-electron chi connectivity index (χ2n) is 3.96. The summed E-state index contributed by atoms with van der Waals surface area (Å²) in [4.78, 5) is 5.45. The van der Waals surface area contributed by atoms with Crippen molar-refractivity contribution in [2.75, 3.05) is 12.8 Å². The fourth-order valence-electron chi connectivity index (χ4n) is 1.90. The number of thiophene rings is 1. The Morgan fingerprint density at radius 1 is 1.22 bits per heavy atom. The molecule has 0 radical (unpaired) electrons. The van der Waals surface area contributed by atoms with Crippen LogP contribution in [0.1, 0.15) is 0 Å². The number of ether oxygens (including phenoxy) is 1. The molecule has 0 aliphatic rings. The number of anilines is 1. The van der Waals surface area contributed by atoms with Crippen LogP contribution in [-0.4, -0.2) is 12.1 Å². The lowest BCUT2D eigenvalue weighted by Gasteiger charge is -1.99. The standard InChI is InChI=1S/C14H12N2OS/c1-17-12-4-2-3-9-7-13(18-14(9)12)11-8-10(15)5-6-16-11/h2-8H,1H3,(H2,15,16). The van der Waals surface area contributed by atoms with Crippen LogP contribution in [0.2, 0.25) is 0 Å². The van der Waals surface area contributed by atoms with Crippen LogP contribution in [0.25, 0.3) is 20.7 Å². The van der Waals surface area contributed by atoms with Crippen LogP contribution in [-0.2, 0) is 0 Å². The van der Waals surface area contributed by atoms with Crippen molar-refractivity contribution < 1.29 is 4.74 Å². The zero-order valence-corrected chi connectivity index (χ0v) is 10.7. The van der Waals surface area contributed by atoms with Crippen LogP contribution in [0.4, 0.5) is 5.69 Å². The minimum atomic E-state index is 0.726. The largest absolute Gasteiger partial charge is 0.495 e. The van der Waals surface area contributed by atoms with Gasteiger partial charge in [0.05, 0.1) is 22.4 Å². The molecule has 0 saturated heterocycles. The van der Waals surface area contributed by atoms with Crippen molar-refractivity contribution in [3.05, 3.63) is 42.6 Å². The van der Waals surface area contributed by atoms with E-state index in [4.69, 9.17) is 10.5 Å². The molecule has 1 aromatic carbocycles. The summed E-state index contributed by atoms with van der Waals surface area (Å²) in [7, 11) is 1.69. The van der Waals surface area contributed by atoms with Gasteiger partial charge in [0.15, 0.2) is 0 Å². The van der Waals surface area contributed by atoms with Gasteiger partial charge in [0.2, 0.25) is 0 Å². The van der Waals surface area contributed by atoms with E-state index in [1.165, 1.54) is 5.39 Å². The fraction of sp³-hybridized carbons (Fsp3) is 0.0714. The van der Waals surface area contributed by atoms with Crippen molar-refractivity contribution in [2.45, 2.75) is 0 Å². The van der Waals surface area contributed by atoms with E-state index in [9.17, 15) is 0 Å². The number of nitrogen functional groups attached to an aromatic ring is 1. The first kappa shape index (κ1) is 11.0. The first-order valence-electron chi connectivity index (χ1n) is 5.56. The summed E-state index contributed by atoms with van der Waals surface area (Å²) in [5, 5.41) is 1.17. The van der Waals surface area contributed by atoms with Crippen molar-refractivity contribution in [3.63, 3.8) is 0 Å². The third-order valence-corrected chi connectivity index (χ3v) is 3.95. The number of nitrogens with zero attached hydrogens (tertiary/aromatic N) is 1. The number of methoxy groups -OCH3 is 1. The Bertz CT molecular complexity index is 706. The number of aromatic nitrogens is 1. The van der Waals surface area contributed by atoms with E-state index in [0.717, 1.165) is 26.7 Å². The van der Waals surface area contributed by atoms with Gasteiger partial charge in [-0.15, -0.1) is 11.3 Å². The molecule has 0 aliphatic carbocycles. The maximum atomic E-state index is 5.79. The summed E-state index contributed by atoms with van der Waals surface area (Å²) >= 11 is 1.67. The number of hydrogen-bond acceptors (Lipinski definition) is 4. The van der Waals surface area contributed by atoms with Gasteiger partial charge in [-0.3, -0.25) is 4.98 Å². The van der Waals surface area contributed by atoms with E-state index in [0.29, 0.717) is 0 Å². The van der Waals surface area contributed by atoms with Crippen LogP contribution in [0.3, 0.4) is 0 Å². The molecule has 2 heterocycles. The molecule has 0 bridgehead atoms. The average Bonchev–Trinajstić information content (AvgIpc) is 2.82. The Morgan fingerprint density at radius 3 is 2.89 bits per heavy atom. The summed E-state index contributed by atoms with van der Waals surface area (Å²) in [6.45, 7) is 0. The molecule has 0 amide bonds. The van der Waals surface area contributed by atoms with E-state index in [-0.39, 0.29) is 0 Å². The molecule has 2 N–H and O–H groups in total. The van der Waals surface area contributed by atoms with Gasteiger partial charge in [0.1, 0.15) is 5.75 Å². The molecule has 0 atom stereocenters. The summed E-state index contributed by atoms with van der Waals surface area (Å²) < 4.78 is 6.50. The minimum absolute atomic E-state index is 0.726. The first-order chi connectivity index (χ1) is 8.78. The molecule has 0 unspecified atom stereocenters.